The summed E-state index contributed by atoms with van der Waals surface area (Å²) >= 11 is 12.0. The van der Waals surface area contributed by atoms with Crippen LogP contribution in [0.3, 0.4) is 0 Å². The molecule has 0 saturated carbocycles. The van der Waals surface area contributed by atoms with Crippen LogP contribution in [0.1, 0.15) is 22.7 Å². The van der Waals surface area contributed by atoms with Crippen LogP contribution in [0.15, 0.2) is 54.6 Å². The second-order valence-electron chi connectivity index (χ2n) is 6.65. The standard InChI is InChI=1S/C22H16Cl2N2O4/c1-12-15(23)10-16(24)21(25-12)26-19(27)11-29-22(28)20-13-6-2-4-8-17(13)30-18-9-5-3-7-14(18)20/h2-10,20H,11H2,1H3,(H,25,26,27). The highest BCUT2D eigenvalue weighted by atomic mass is 35.5. The van der Waals surface area contributed by atoms with Gasteiger partial charge in [-0.2, -0.15) is 0 Å². The molecule has 2 aromatic carbocycles. The first-order chi connectivity index (χ1) is 14.4. The Kier molecular flexibility index (Phi) is 5.61. The number of halogens is 2. The molecule has 8 heteroatoms. The minimum atomic E-state index is -0.696. The Morgan fingerprint density at radius 2 is 1.63 bits per heavy atom. The van der Waals surface area contributed by atoms with Gasteiger partial charge in [0.2, 0.25) is 0 Å². The lowest BCUT2D eigenvalue weighted by molar-refractivity contribution is -0.148. The number of nitrogens with zero attached hydrogens (tertiary/aromatic N) is 1. The summed E-state index contributed by atoms with van der Waals surface area (Å²) in [6.45, 7) is 1.20. The van der Waals surface area contributed by atoms with E-state index in [1.165, 1.54) is 6.07 Å². The zero-order valence-corrected chi connectivity index (χ0v) is 17.3. The van der Waals surface area contributed by atoms with Gasteiger partial charge in [-0.3, -0.25) is 9.59 Å². The topological polar surface area (TPSA) is 77.5 Å². The number of ether oxygens (including phenoxy) is 2. The van der Waals surface area contributed by atoms with Crippen LogP contribution in [0.5, 0.6) is 11.5 Å². The third-order valence-corrected chi connectivity index (χ3v) is 5.29. The first-order valence-electron chi connectivity index (χ1n) is 9.09. The van der Waals surface area contributed by atoms with Gasteiger partial charge in [0.1, 0.15) is 17.4 Å². The molecule has 1 aliphatic heterocycles. The Morgan fingerprint density at radius 3 is 2.27 bits per heavy atom. The van der Waals surface area contributed by atoms with Crippen LogP contribution in [-0.4, -0.2) is 23.5 Å². The van der Waals surface area contributed by atoms with E-state index in [2.05, 4.69) is 10.3 Å². The zero-order valence-electron chi connectivity index (χ0n) is 15.8. The van der Waals surface area contributed by atoms with Crippen LogP contribution in [0.2, 0.25) is 10.0 Å². The van der Waals surface area contributed by atoms with Gasteiger partial charge in [0.05, 0.1) is 15.7 Å². The van der Waals surface area contributed by atoms with E-state index in [-0.39, 0.29) is 10.8 Å². The summed E-state index contributed by atoms with van der Waals surface area (Å²) in [5, 5.41) is 3.11. The average Bonchev–Trinajstić information content (AvgIpc) is 2.74. The number of nitrogens with one attached hydrogen (secondary N) is 1. The molecule has 30 heavy (non-hydrogen) atoms. The number of pyridine rings is 1. The van der Waals surface area contributed by atoms with Gasteiger partial charge >= 0.3 is 5.97 Å². The van der Waals surface area contributed by atoms with E-state index in [9.17, 15) is 9.59 Å². The minimum absolute atomic E-state index is 0.154. The minimum Gasteiger partial charge on any atom is -0.457 e. The number of amides is 1. The highest BCUT2D eigenvalue weighted by molar-refractivity contribution is 6.36. The Balaban J connectivity index is 1.50. The molecule has 0 atom stereocenters. The van der Waals surface area contributed by atoms with Crippen LogP contribution in [0, 0.1) is 6.92 Å². The van der Waals surface area contributed by atoms with Crippen molar-refractivity contribution < 1.29 is 19.1 Å². The van der Waals surface area contributed by atoms with Gasteiger partial charge in [0, 0.05) is 11.1 Å². The van der Waals surface area contributed by atoms with E-state index in [4.69, 9.17) is 32.7 Å². The Hall–Kier alpha value is -3.09. The van der Waals surface area contributed by atoms with E-state index in [0.717, 1.165) is 0 Å². The van der Waals surface area contributed by atoms with E-state index >= 15 is 0 Å². The second kappa shape index (κ2) is 8.34. The van der Waals surface area contributed by atoms with Gasteiger partial charge in [0.15, 0.2) is 12.4 Å². The maximum absolute atomic E-state index is 12.9. The zero-order chi connectivity index (χ0) is 21.3. The Labute approximate surface area is 182 Å². The molecule has 0 saturated heterocycles. The summed E-state index contributed by atoms with van der Waals surface area (Å²) < 4.78 is 11.2. The predicted octanol–water partition coefficient (Wildman–Crippen LogP) is 5.12. The molecule has 4 rings (SSSR count). The molecule has 2 heterocycles. The molecule has 0 fully saturated rings. The van der Waals surface area contributed by atoms with Crippen molar-refractivity contribution >= 4 is 40.9 Å². The molecule has 3 aromatic rings. The second-order valence-corrected chi connectivity index (χ2v) is 7.47. The molecule has 0 bridgehead atoms. The number of esters is 1. The van der Waals surface area contributed by atoms with Crippen molar-refractivity contribution in [2.45, 2.75) is 12.8 Å². The normalized spacial score (nSPS) is 12.4. The number of benzene rings is 2. The monoisotopic (exact) mass is 442 g/mol. The van der Waals surface area contributed by atoms with Gasteiger partial charge in [-0.05, 0) is 25.1 Å². The van der Waals surface area contributed by atoms with Crippen molar-refractivity contribution in [1.29, 1.82) is 0 Å². The quantitative estimate of drug-likeness (QED) is 0.567. The van der Waals surface area contributed by atoms with Crippen molar-refractivity contribution in [3.05, 3.63) is 81.5 Å². The molecule has 0 radical (unpaired) electrons. The summed E-state index contributed by atoms with van der Waals surface area (Å²) in [5.74, 6) is -0.502. The molecule has 152 valence electrons. The van der Waals surface area contributed by atoms with Gasteiger partial charge < -0.3 is 14.8 Å². The number of anilines is 1. The maximum atomic E-state index is 12.9. The number of fused-ring (bicyclic) bond motifs is 2. The number of carbonyl (C=O) groups is 2. The van der Waals surface area contributed by atoms with E-state index in [0.29, 0.717) is 33.3 Å². The number of rotatable bonds is 4. The van der Waals surface area contributed by atoms with E-state index in [1.54, 1.807) is 31.2 Å². The summed E-state index contributed by atoms with van der Waals surface area (Å²) in [7, 11) is 0. The summed E-state index contributed by atoms with van der Waals surface area (Å²) in [6.07, 6.45) is 0. The fourth-order valence-corrected chi connectivity index (χ4v) is 3.60. The molecule has 0 aliphatic carbocycles. The van der Waals surface area contributed by atoms with Crippen molar-refractivity contribution in [3.63, 3.8) is 0 Å². The highest BCUT2D eigenvalue weighted by Gasteiger charge is 2.33. The summed E-state index contributed by atoms with van der Waals surface area (Å²) in [4.78, 5) is 29.4. The SMILES string of the molecule is Cc1nc(NC(=O)COC(=O)C2c3ccccc3Oc3ccccc32)c(Cl)cc1Cl. The van der Waals surface area contributed by atoms with Crippen molar-refractivity contribution in [2.75, 3.05) is 11.9 Å². The van der Waals surface area contributed by atoms with Crippen molar-refractivity contribution in [3.8, 4) is 11.5 Å². The van der Waals surface area contributed by atoms with Crippen LogP contribution in [-0.2, 0) is 14.3 Å². The Bertz CT molecular complexity index is 1100. The van der Waals surface area contributed by atoms with Crippen LogP contribution < -0.4 is 10.1 Å². The number of hydrogen-bond donors (Lipinski definition) is 1. The lowest BCUT2D eigenvalue weighted by atomic mass is 9.88. The summed E-state index contributed by atoms with van der Waals surface area (Å²) in [6, 6.07) is 16.0. The van der Waals surface area contributed by atoms with Crippen LogP contribution in [0.25, 0.3) is 0 Å². The van der Waals surface area contributed by atoms with Crippen molar-refractivity contribution in [1.82, 2.24) is 4.98 Å². The van der Waals surface area contributed by atoms with E-state index in [1.807, 2.05) is 24.3 Å². The fourth-order valence-electron chi connectivity index (χ4n) is 3.20. The molecular weight excluding hydrogens is 427 g/mol. The van der Waals surface area contributed by atoms with Crippen LogP contribution >= 0.6 is 23.2 Å². The number of aryl methyl sites for hydroxylation is 1. The van der Waals surface area contributed by atoms with Crippen molar-refractivity contribution in [2.24, 2.45) is 0 Å². The van der Waals surface area contributed by atoms with Gasteiger partial charge in [-0.15, -0.1) is 0 Å². The number of hydrogen-bond acceptors (Lipinski definition) is 5. The molecule has 1 amide bonds. The maximum Gasteiger partial charge on any atom is 0.318 e. The van der Waals surface area contributed by atoms with Gasteiger partial charge in [-0.25, -0.2) is 4.98 Å². The highest BCUT2D eigenvalue weighted by Crippen LogP contribution is 2.44. The summed E-state index contributed by atoms with van der Waals surface area (Å²) in [5.41, 5.74) is 1.88. The molecular formula is C22H16Cl2N2O4. The van der Waals surface area contributed by atoms with Gasteiger partial charge in [-0.1, -0.05) is 59.6 Å². The lowest BCUT2D eigenvalue weighted by Gasteiger charge is -2.26. The third kappa shape index (κ3) is 3.97. The Morgan fingerprint density at radius 1 is 1.03 bits per heavy atom. The number of para-hydroxylation sites is 2. The van der Waals surface area contributed by atoms with Crippen LogP contribution in [0.4, 0.5) is 5.82 Å². The fraction of sp³-hybridized carbons (Fsp3) is 0.136. The number of aromatic nitrogens is 1. The largest absolute Gasteiger partial charge is 0.457 e. The van der Waals surface area contributed by atoms with E-state index < -0.39 is 24.4 Å². The molecule has 1 aromatic heterocycles. The smallest absolute Gasteiger partial charge is 0.318 e. The third-order valence-electron chi connectivity index (χ3n) is 4.62. The molecule has 1 aliphatic rings. The molecule has 0 spiro atoms. The lowest BCUT2D eigenvalue weighted by Crippen LogP contribution is -2.26. The van der Waals surface area contributed by atoms with Gasteiger partial charge in [0.25, 0.3) is 5.91 Å². The first-order valence-corrected chi connectivity index (χ1v) is 9.84. The average molecular weight is 443 g/mol. The molecule has 0 unspecified atom stereocenters. The first kappa shape index (κ1) is 20.2. The molecule has 1 N–H and O–H groups in total. The number of carbonyl (C=O) groups excluding carboxylic acids is 2. The molecule has 6 nitrogen and oxygen atoms in total. The predicted molar refractivity (Wildman–Crippen MR) is 113 cm³/mol.